The van der Waals surface area contributed by atoms with Crippen LogP contribution >= 0.6 is 17.9 Å². The molecule has 0 amide bonds. The van der Waals surface area contributed by atoms with E-state index in [9.17, 15) is 0 Å². The number of halogens is 2. The van der Waals surface area contributed by atoms with Crippen LogP contribution in [0.25, 0.3) is 0 Å². The van der Waals surface area contributed by atoms with Crippen molar-refractivity contribution in [3.63, 3.8) is 0 Å². The molecule has 0 saturated heterocycles. The first-order valence-electron chi connectivity index (χ1n) is 9.30. The van der Waals surface area contributed by atoms with Crippen molar-refractivity contribution in [2.24, 2.45) is 0 Å². The molecule has 0 atom stereocenters. The molecule has 0 unspecified atom stereocenters. The molecule has 21 heavy (non-hydrogen) atoms. The van der Waals surface area contributed by atoms with Crippen LogP contribution < -0.4 is 0 Å². The Bertz CT molecular complexity index is 187. The topological polar surface area (TPSA) is 0 Å². The maximum atomic E-state index is 6.62. The van der Waals surface area contributed by atoms with Crippen molar-refractivity contribution in [1.29, 1.82) is 0 Å². The quantitative estimate of drug-likeness (QED) is 0.163. The van der Waals surface area contributed by atoms with Gasteiger partial charge in [-0.15, -0.1) is 0 Å². The third-order valence-electron chi connectivity index (χ3n) is 4.09. The summed E-state index contributed by atoms with van der Waals surface area (Å²) in [4.78, 5) is 0. The van der Waals surface area contributed by atoms with E-state index in [0.717, 1.165) is 8.94 Å². The molecular weight excluding hydrogens is 415 g/mol. The van der Waals surface area contributed by atoms with Gasteiger partial charge < -0.3 is 0 Å². The molecule has 0 N–H and O–H groups in total. The Morgan fingerprint density at radius 3 is 1.10 bits per heavy atom. The Morgan fingerprint density at radius 2 is 0.762 bits per heavy atom. The van der Waals surface area contributed by atoms with Gasteiger partial charge in [0.15, 0.2) is 0 Å². The van der Waals surface area contributed by atoms with Gasteiger partial charge in [-0.05, 0) is 0 Å². The second-order valence-corrected chi connectivity index (χ2v) is 21.7. The molecule has 0 aliphatic carbocycles. The molecule has 0 aliphatic heterocycles. The zero-order chi connectivity index (χ0) is 15.8. The third kappa shape index (κ3) is 17.6. The molecular formula is C18H38Cl2Te. The fourth-order valence-electron chi connectivity index (χ4n) is 2.64. The van der Waals surface area contributed by atoms with Gasteiger partial charge in [-0.1, -0.05) is 0 Å². The summed E-state index contributed by atoms with van der Waals surface area (Å²) >= 11 is -2.44. The molecule has 0 rings (SSSR count). The number of hydrogen-bond donors (Lipinski definition) is 0. The molecule has 0 heterocycles. The van der Waals surface area contributed by atoms with Crippen LogP contribution in [0.5, 0.6) is 0 Å². The van der Waals surface area contributed by atoms with E-state index >= 15 is 0 Å². The number of unbranched alkanes of at least 4 members (excludes halogenated alkanes) is 12. The van der Waals surface area contributed by atoms with Gasteiger partial charge in [0.25, 0.3) is 0 Å². The molecule has 0 bridgehead atoms. The van der Waals surface area contributed by atoms with Gasteiger partial charge in [-0.3, -0.25) is 0 Å². The molecule has 0 aromatic carbocycles. The van der Waals surface area contributed by atoms with Crippen molar-refractivity contribution < 1.29 is 0 Å². The van der Waals surface area contributed by atoms with Crippen LogP contribution in [0.1, 0.15) is 104 Å². The van der Waals surface area contributed by atoms with Crippen molar-refractivity contribution >= 4 is 33.9 Å². The first kappa shape index (κ1) is 22.4. The van der Waals surface area contributed by atoms with E-state index in [4.69, 9.17) is 17.9 Å². The molecule has 3 heteroatoms. The van der Waals surface area contributed by atoms with E-state index < -0.39 is 15.9 Å². The molecule has 0 spiro atoms. The molecule has 0 fully saturated rings. The van der Waals surface area contributed by atoms with Crippen LogP contribution in [0.2, 0.25) is 8.94 Å². The predicted octanol–water partition coefficient (Wildman–Crippen LogP) is 8.41. The van der Waals surface area contributed by atoms with E-state index in [0.29, 0.717) is 0 Å². The van der Waals surface area contributed by atoms with E-state index in [2.05, 4.69) is 13.8 Å². The first-order valence-corrected chi connectivity index (χ1v) is 18.5. The molecule has 0 saturated carbocycles. The summed E-state index contributed by atoms with van der Waals surface area (Å²) in [5, 5.41) is 0. The molecule has 0 radical (unpaired) electrons. The van der Waals surface area contributed by atoms with Crippen molar-refractivity contribution in [3.05, 3.63) is 0 Å². The fraction of sp³-hybridized carbons (Fsp3) is 1.00. The van der Waals surface area contributed by atoms with E-state index in [1.165, 1.54) is 89.9 Å². The molecule has 0 aromatic heterocycles. The molecule has 0 aliphatic rings. The Hall–Kier alpha value is 1.37. The summed E-state index contributed by atoms with van der Waals surface area (Å²) in [6.45, 7) is 4.54. The number of hydrogen-bond acceptors (Lipinski definition) is 0. The van der Waals surface area contributed by atoms with E-state index in [1.54, 1.807) is 0 Å². The zero-order valence-corrected chi connectivity index (χ0v) is 18.3. The molecule has 0 nitrogen and oxygen atoms in total. The van der Waals surface area contributed by atoms with E-state index in [-0.39, 0.29) is 0 Å². The molecule has 0 aromatic rings. The zero-order valence-electron chi connectivity index (χ0n) is 14.5. The van der Waals surface area contributed by atoms with Crippen LogP contribution in [-0.2, 0) is 0 Å². The van der Waals surface area contributed by atoms with Crippen LogP contribution in [-0.4, -0.2) is 15.9 Å². The van der Waals surface area contributed by atoms with Crippen LogP contribution in [0.15, 0.2) is 0 Å². The summed E-state index contributed by atoms with van der Waals surface area (Å²) in [7, 11) is 13.2. The summed E-state index contributed by atoms with van der Waals surface area (Å²) in [6.07, 6.45) is 19.1. The minimum atomic E-state index is -2.44. The average molecular weight is 453 g/mol. The molecule has 130 valence electrons. The first-order chi connectivity index (χ1) is 10.1. The predicted molar refractivity (Wildman–Crippen MR) is 103 cm³/mol. The minimum absolute atomic E-state index is 1.16. The number of rotatable bonds is 16. The standard InChI is InChI=1S/C18H38Cl2Te/c1-3-5-7-9-11-13-15-17-21(19,20)18-16-14-12-10-8-6-4-2/h3-18H2,1-2H3. The van der Waals surface area contributed by atoms with Crippen molar-refractivity contribution in [2.75, 3.05) is 0 Å². The van der Waals surface area contributed by atoms with Gasteiger partial charge in [0.05, 0.1) is 0 Å². The van der Waals surface area contributed by atoms with Crippen molar-refractivity contribution in [2.45, 2.75) is 113 Å². The van der Waals surface area contributed by atoms with Crippen molar-refractivity contribution in [3.8, 4) is 0 Å². The SMILES string of the molecule is CCCCCCCCC[Te](Cl)(Cl)CCCCCCCCC. The Kier molecular flexibility index (Phi) is 17.3. The van der Waals surface area contributed by atoms with Gasteiger partial charge in [0, 0.05) is 0 Å². The van der Waals surface area contributed by atoms with E-state index in [1.807, 2.05) is 0 Å². The second kappa shape index (κ2) is 16.2. The third-order valence-corrected chi connectivity index (χ3v) is 13.3. The van der Waals surface area contributed by atoms with Crippen molar-refractivity contribution in [1.82, 2.24) is 0 Å². The van der Waals surface area contributed by atoms with Gasteiger partial charge >= 0.3 is 147 Å². The maximum absolute atomic E-state index is 6.62. The van der Waals surface area contributed by atoms with Crippen LogP contribution in [0.3, 0.4) is 0 Å². The summed E-state index contributed by atoms with van der Waals surface area (Å²) in [5.74, 6) is 0. The summed E-state index contributed by atoms with van der Waals surface area (Å²) in [6, 6.07) is 0. The Balaban J connectivity index is 3.35. The van der Waals surface area contributed by atoms with Gasteiger partial charge in [-0.25, -0.2) is 0 Å². The van der Waals surface area contributed by atoms with Gasteiger partial charge in [0.1, 0.15) is 0 Å². The van der Waals surface area contributed by atoms with Crippen LogP contribution in [0, 0.1) is 0 Å². The summed E-state index contributed by atoms with van der Waals surface area (Å²) in [5.41, 5.74) is 0. The van der Waals surface area contributed by atoms with Gasteiger partial charge in [0.2, 0.25) is 0 Å². The second-order valence-electron chi connectivity index (χ2n) is 6.35. The summed E-state index contributed by atoms with van der Waals surface area (Å²) < 4.78 is 2.32. The Labute approximate surface area is 146 Å². The van der Waals surface area contributed by atoms with Gasteiger partial charge in [-0.2, -0.15) is 0 Å². The van der Waals surface area contributed by atoms with Crippen LogP contribution in [0.4, 0.5) is 0 Å². The fourth-order valence-corrected chi connectivity index (χ4v) is 9.73. The Morgan fingerprint density at radius 1 is 0.476 bits per heavy atom. The normalized spacial score (nSPS) is 12.8. The monoisotopic (exact) mass is 454 g/mol. The average Bonchev–Trinajstić information content (AvgIpc) is 2.45.